The summed E-state index contributed by atoms with van der Waals surface area (Å²) in [5.74, 6) is 0. The van der Waals surface area contributed by atoms with Gasteiger partial charge in [0.25, 0.3) is 0 Å². The van der Waals surface area contributed by atoms with Crippen molar-refractivity contribution >= 4 is 16.8 Å². The number of carbonyl (C=O) groups excluding carboxylic acids is 1. The molecule has 0 amide bonds. The number of hydrogen-bond donors (Lipinski definition) is 1. The van der Waals surface area contributed by atoms with E-state index in [-0.39, 0.29) is 0 Å². The summed E-state index contributed by atoms with van der Waals surface area (Å²) in [6.07, 6.45) is -1.02. The van der Waals surface area contributed by atoms with Gasteiger partial charge in [-0.25, -0.2) is 0 Å². The van der Waals surface area contributed by atoms with Crippen LogP contribution in [0.25, 0.3) is 0 Å². The molecule has 0 spiro atoms. The molecular weight excluding hydrogens is 103 g/mol. The molecule has 0 saturated carbocycles. The van der Waals surface area contributed by atoms with Crippen molar-refractivity contribution < 1.29 is 9.90 Å². The monoisotopic (exact) mass is 108 g/mol. The van der Waals surface area contributed by atoms with Crippen LogP contribution in [0.4, 0.5) is 0 Å². The summed E-state index contributed by atoms with van der Waals surface area (Å²) >= 11 is 4.72. The lowest BCUT2D eigenvalue weighted by atomic mass is 10.5. The fourth-order valence-electron chi connectivity index (χ4n) is 0. The molecule has 1 atom stereocenters. The fraction of sp³-hybridized carbons (Fsp3) is 0.667. The first-order valence-electron chi connectivity index (χ1n) is 1.52. The topological polar surface area (TPSA) is 37.3 Å². The Morgan fingerprint density at radius 1 is 2.00 bits per heavy atom. The lowest BCUT2D eigenvalue weighted by Gasteiger charge is -1.88. The van der Waals surface area contributed by atoms with E-state index >= 15 is 0 Å². The van der Waals surface area contributed by atoms with E-state index in [0.717, 1.165) is 0 Å². The molecule has 0 aromatic rings. The minimum atomic E-state index is -1.02. The molecular formula is C3H5ClO2. The maximum atomic E-state index is 9.66. The lowest BCUT2D eigenvalue weighted by Crippen LogP contribution is -2.07. The largest absolute Gasteiger partial charge is 0.384 e. The fourth-order valence-corrected chi connectivity index (χ4v) is 0. The Morgan fingerprint density at radius 3 is 2.17 bits per heavy atom. The van der Waals surface area contributed by atoms with Crippen molar-refractivity contribution in [1.82, 2.24) is 0 Å². The molecule has 1 N–H and O–H groups in total. The first kappa shape index (κ1) is 5.92. The highest BCUT2D eigenvalue weighted by Gasteiger charge is 2.00. The van der Waals surface area contributed by atoms with Gasteiger partial charge in [0.05, 0.1) is 0 Å². The zero-order valence-corrected chi connectivity index (χ0v) is 4.07. The quantitative estimate of drug-likeness (QED) is 0.485. The zero-order chi connectivity index (χ0) is 5.15. The molecule has 36 valence electrons. The number of aliphatic hydroxyl groups excluding tert-OH is 1. The predicted molar refractivity (Wildman–Crippen MR) is 22.5 cm³/mol. The zero-order valence-electron chi connectivity index (χ0n) is 3.31. The lowest BCUT2D eigenvalue weighted by molar-refractivity contribution is -0.118. The Hall–Kier alpha value is -0.0800. The van der Waals surface area contributed by atoms with Gasteiger partial charge in [-0.1, -0.05) is 0 Å². The van der Waals surface area contributed by atoms with E-state index in [0.29, 0.717) is 0 Å². The summed E-state index contributed by atoms with van der Waals surface area (Å²) in [5.41, 5.74) is 0. The SMILES string of the molecule is CC(O)C(=O)Cl. The van der Waals surface area contributed by atoms with Gasteiger partial charge in [0, 0.05) is 0 Å². The Balaban J connectivity index is 3.26. The summed E-state index contributed by atoms with van der Waals surface area (Å²) in [6, 6.07) is 0. The highest BCUT2D eigenvalue weighted by molar-refractivity contribution is 6.64. The van der Waals surface area contributed by atoms with E-state index in [1.807, 2.05) is 0 Å². The van der Waals surface area contributed by atoms with E-state index < -0.39 is 11.3 Å². The highest BCUT2D eigenvalue weighted by Crippen LogP contribution is 1.85. The molecule has 0 fully saturated rings. The average Bonchev–Trinajstić information content (AvgIpc) is 1.36. The van der Waals surface area contributed by atoms with Crippen LogP contribution in [0.5, 0.6) is 0 Å². The summed E-state index contributed by atoms with van der Waals surface area (Å²) in [7, 11) is 0. The molecule has 0 heterocycles. The second-order valence-corrected chi connectivity index (χ2v) is 1.35. The number of aliphatic hydroxyl groups is 1. The molecule has 0 aliphatic heterocycles. The van der Waals surface area contributed by atoms with Gasteiger partial charge in [-0.05, 0) is 18.5 Å². The van der Waals surface area contributed by atoms with Gasteiger partial charge in [0.1, 0.15) is 6.10 Å². The van der Waals surface area contributed by atoms with Crippen molar-refractivity contribution in [1.29, 1.82) is 0 Å². The van der Waals surface area contributed by atoms with Gasteiger partial charge in [-0.15, -0.1) is 0 Å². The molecule has 2 nitrogen and oxygen atoms in total. The van der Waals surface area contributed by atoms with Crippen molar-refractivity contribution in [3.8, 4) is 0 Å². The molecule has 3 heteroatoms. The van der Waals surface area contributed by atoms with Crippen LogP contribution in [0.15, 0.2) is 0 Å². The molecule has 0 rings (SSSR count). The van der Waals surface area contributed by atoms with Gasteiger partial charge in [0.2, 0.25) is 5.24 Å². The molecule has 0 aromatic carbocycles. The Morgan fingerprint density at radius 2 is 2.17 bits per heavy atom. The van der Waals surface area contributed by atoms with Crippen LogP contribution >= 0.6 is 11.6 Å². The van der Waals surface area contributed by atoms with Gasteiger partial charge >= 0.3 is 0 Å². The van der Waals surface area contributed by atoms with E-state index in [1.54, 1.807) is 0 Å². The van der Waals surface area contributed by atoms with E-state index in [1.165, 1.54) is 6.92 Å². The maximum Gasteiger partial charge on any atom is 0.249 e. The van der Waals surface area contributed by atoms with Crippen molar-refractivity contribution in [2.75, 3.05) is 0 Å². The van der Waals surface area contributed by atoms with Crippen molar-refractivity contribution in [2.45, 2.75) is 13.0 Å². The normalized spacial score (nSPS) is 13.8. The second kappa shape index (κ2) is 2.16. The smallest absolute Gasteiger partial charge is 0.249 e. The molecule has 0 aliphatic rings. The number of halogens is 1. The number of carbonyl (C=O) groups is 1. The summed E-state index contributed by atoms with van der Waals surface area (Å²) in [4.78, 5) is 9.66. The molecule has 0 bridgehead atoms. The Labute approximate surface area is 40.7 Å². The molecule has 1 unspecified atom stereocenters. The summed E-state index contributed by atoms with van der Waals surface area (Å²) in [6.45, 7) is 1.31. The molecule has 0 radical (unpaired) electrons. The summed E-state index contributed by atoms with van der Waals surface area (Å²) in [5, 5.41) is 7.44. The van der Waals surface area contributed by atoms with Crippen molar-refractivity contribution in [2.24, 2.45) is 0 Å². The van der Waals surface area contributed by atoms with E-state index in [4.69, 9.17) is 16.7 Å². The Bertz CT molecular complexity index is 59.8. The average molecular weight is 109 g/mol. The second-order valence-electron chi connectivity index (χ2n) is 0.980. The molecule has 6 heavy (non-hydrogen) atoms. The maximum absolute atomic E-state index is 9.66. The van der Waals surface area contributed by atoms with Crippen LogP contribution in [-0.2, 0) is 4.79 Å². The van der Waals surface area contributed by atoms with Gasteiger partial charge in [0.15, 0.2) is 0 Å². The van der Waals surface area contributed by atoms with Crippen LogP contribution in [0.2, 0.25) is 0 Å². The van der Waals surface area contributed by atoms with Crippen molar-refractivity contribution in [3.63, 3.8) is 0 Å². The number of hydrogen-bond acceptors (Lipinski definition) is 2. The Kier molecular flexibility index (Phi) is 2.13. The number of rotatable bonds is 1. The first-order chi connectivity index (χ1) is 2.64. The first-order valence-corrected chi connectivity index (χ1v) is 1.90. The molecule has 0 aliphatic carbocycles. The third-order valence-corrected chi connectivity index (χ3v) is 0.644. The van der Waals surface area contributed by atoms with Crippen LogP contribution < -0.4 is 0 Å². The van der Waals surface area contributed by atoms with Crippen LogP contribution in [0.3, 0.4) is 0 Å². The van der Waals surface area contributed by atoms with Gasteiger partial charge < -0.3 is 5.11 Å². The minimum absolute atomic E-state index is 0.713. The van der Waals surface area contributed by atoms with Gasteiger partial charge in [-0.2, -0.15) is 0 Å². The third-order valence-electron chi connectivity index (χ3n) is 0.328. The highest BCUT2D eigenvalue weighted by atomic mass is 35.5. The molecule has 0 aromatic heterocycles. The van der Waals surface area contributed by atoms with Gasteiger partial charge in [-0.3, -0.25) is 4.79 Å². The van der Waals surface area contributed by atoms with Crippen LogP contribution in [0.1, 0.15) is 6.92 Å². The van der Waals surface area contributed by atoms with E-state index in [9.17, 15) is 4.79 Å². The van der Waals surface area contributed by atoms with Crippen LogP contribution in [-0.4, -0.2) is 16.5 Å². The third kappa shape index (κ3) is 2.18. The summed E-state index contributed by atoms with van der Waals surface area (Å²) < 4.78 is 0. The van der Waals surface area contributed by atoms with Crippen molar-refractivity contribution in [3.05, 3.63) is 0 Å². The standard InChI is InChI=1S/C3H5ClO2/c1-2(5)3(4)6/h2,5H,1H3. The molecule has 0 saturated heterocycles. The predicted octanol–water partition coefficient (Wildman–Crippen LogP) is 0.133. The minimum Gasteiger partial charge on any atom is -0.384 e. The van der Waals surface area contributed by atoms with Crippen LogP contribution in [0, 0.1) is 0 Å². The van der Waals surface area contributed by atoms with E-state index in [2.05, 4.69) is 0 Å².